The van der Waals surface area contributed by atoms with Crippen LogP contribution in [0.5, 0.6) is 5.75 Å². The van der Waals surface area contributed by atoms with Crippen molar-refractivity contribution in [3.8, 4) is 5.75 Å². The van der Waals surface area contributed by atoms with E-state index in [1.54, 1.807) is 6.07 Å². The molecule has 3 heterocycles. The topological polar surface area (TPSA) is 71.8 Å². The van der Waals surface area contributed by atoms with Gasteiger partial charge in [0.25, 0.3) is 5.91 Å². The molecular weight excluding hydrogens is 320 g/mol. The van der Waals surface area contributed by atoms with Crippen LogP contribution in [0.3, 0.4) is 0 Å². The van der Waals surface area contributed by atoms with E-state index in [1.165, 1.54) is 12.5 Å². The smallest absolute Gasteiger partial charge is 0.257 e. The Labute approximate surface area is 145 Å². The van der Waals surface area contributed by atoms with Gasteiger partial charge in [0.15, 0.2) is 0 Å². The van der Waals surface area contributed by atoms with Crippen molar-refractivity contribution in [3.05, 3.63) is 54.0 Å². The number of carbonyl (C=O) groups excluding carboxylic acids is 2. The van der Waals surface area contributed by atoms with Gasteiger partial charge in [-0.2, -0.15) is 0 Å². The van der Waals surface area contributed by atoms with Gasteiger partial charge in [-0.1, -0.05) is 18.2 Å². The highest BCUT2D eigenvalue weighted by molar-refractivity contribution is 5.94. The predicted octanol–water partition coefficient (Wildman–Crippen LogP) is 2.18. The van der Waals surface area contributed by atoms with Gasteiger partial charge in [0, 0.05) is 24.7 Å². The molecule has 2 amide bonds. The number of nitrogens with one attached hydrogen (secondary N) is 1. The van der Waals surface area contributed by atoms with Crippen LogP contribution >= 0.6 is 0 Å². The predicted molar refractivity (Wildman–Crippen MR) is 90.5 cm³/mol. The summed E-state index contributed by atoms with van der Waals surface area (Å²) in [6, 6.07) is 9.43. The minimum absolute atomic E-state index is 0.00422. The molecule has 0 spiro atoms. The van der Waals surface area contributed by atoms with E-state index in [0.29, 0.717) is 25.3 Å². The van der Waals surface area contributed by atoms with E-state index in [1.807, 2.05) is 29.2 Å². The van der Waals surface area contributed by atoms with Crippen LogP contribution < -0.4 is 10.1 Å². The van der Waals surface area contributed by atoms with Crippen molar-refractivity contribution in [2.24, 2.45) is 0 Å². The highest BCUT2D eigenvalue weighted by Crippen LogP contribution is 2.33. The summed E-state index contributed by atoms with van der Waals surface area (Å²) in [6.07, 6.45) is 4.48. The standard InChI is InChI=1S/C19H20N2O4/c22-18(16-12-25-17-4-2-1-3-15(16)17)20-14-5-8-21(9-6-14)19(23)13-7-10-24-11-13/h1-4,7,10-11,14,16H,5-6,8-9,12H2,(H,20,22). The Hall–Kier alpha value is -2.76. The quantitative estimate of drug-likeness (QED) is 0.930. The third-order valence-electron chi connectivity index (χ3n) is 4.91. The molecule has 6 nitrogen and oxygen atoms in total. The maximum Gasteiger partial charge on any atom is 0.257 e. The van der Waals surface area contributed by atoms with Crippen LogP contribution in [0.4, 0.5) is 0 Å². The zero-order valence-corrected chi connectivity index (χ0v) is 13.8. The number of ether oxygens (including phenoxy) is 1. The van der Waals surface area contributed by atoms with Crippen molar-refractivity contribution in [1.29, 1.82) is 0 Å². The number of amides is 2. The number of furan rings is 1. The number of piperidine rings is 1. The van der Waals surface area contributed by atoms with E-state index in [4.69, 9.17) is 9.15 Å². The zero-order valence-electron chi connectivity index (χ0n) is 13.8. The van der Waals surface area contributed by atoms with Crippen molar-refractivity contribution in [3.63, 3.8) is 0 Å². The van der Waals surface area contributed by atoms with Crippen LogP contribution in [-0.2, 0) is 4.79 Å². The molecular formula is C19H20N2O4. The van der Waals surface area contributed by atoms with Gasteiger partial charge in [-0.15, -0.1) is 0 Å². The summed E-state index contributed by atoms with van der Waals surface area (Å²) in [6.45, 7) is 1.66. The molecule has 0 bridgehead atoms. The van der Waals surface area contributed by atoms with Crippen molar-refractivity contribution >= 4 is 11.8 Å². The Balaban J connectivity index is 1.32. The van der Waals surface area contributed by atoms with Gasteiger partial charge in [-0.25, -0.2) is 0 Å². The normalized spacial score (nSPS) is 20.0. The maximum absolute atomic E-state index is 12.6. The summed E-state index contributed by atoms with van der Waals surface area (Å²) in [5.41, 5.74) is 1.52. The molecule has 1 atom stereocenters. The lowest BCUT2D eigenvalue weighted by Crippen LogP contribution is -2.47. The SMILES string of the molecule is O=C(NC1CCN(C(=O)c2ccoc2)CC1)C1COc2ccccc21. The largest absolute Gasteiger partial charge is 0.492 e. The Kier molecular flexibility index (Phi) is 4.17. The molecule has 1 unspecified atom stereocenters. The van der Waals surface area contributed by atoms with Gasteiger partial charge in [0.1, 0.15) is 24.5 Å². The zero-order chi connectivity index (χ0) is 17.2. The number of hydrogen-bond acceptors (Lipinski definition) is 4. The number of likely N-dealkylation sites (tertiary alicyclic amines) is 1. The third-order valence-corrected chi connectivity index (χ3v) is 4.91. The molecule has 1 N–H and O–H groups in total. The summed E-state index contributed by atoms with van der Waals surface area (Å²) in [4.78, 5) is 26.7. The fourth-order valence-corrected chi connectivity index (χ4v) is 3.48. The molecule has 6 heteroatoms. The molecule has 0 radical (unpaired) electrons. The molecule has 25 heavy (non-hydrogen) atoms. The van der Waals surface area contributed by atoms with Crippen LogP contribution in [-0.4, -0.2) is 42.5 Å². The van der Waals surface area contributed by atoms with Crippen LogP contribution in [0.2, 0.25) is 0 Å². The molecule has 2 aromatic rings. The number of fused-ring (bicyclic) bond motifs is 1. The number of rotatable bonds is 3. The minimum Gasteiger partial charge on any atom is -0.492 e. The van der Waals surface area contributed by atoms with Crippen LogP contribution in [0.25, 0.3) is 0 Å². The fourth-order valence-electron chi connectivity index (χ4n) is 3.48. The molecule has 1 saturated heterocycles. The molecule has 0 saturated carbocycles. The molecule has 2 aliphatic rings. The lowest BCUT2D eigenvalue weighted by atomic mass is 9.98. The average molecular weight is 340 g/mol. The van der Waals surface area contributed by atoms with Crippen LogP contribution in [0, 0.1) is 0 Å². The fraction of sp³-hybridized carbons (Fsp3) is 0.368. The molecule has 130 valence electrons. The second kappa shape index (κ2) is 6.63. The summed E-state index contributed by atoms with van der Waals surface area (Å²) < 4.78 is 10.6. The van der Waals surface area contributed by atoms with Crippen molar-refractivity contribution < 1.29 is 18.7 Å². The van der Waals surface area contributed by atoms with Gasteiger partial charge in [0.2, 0.25) is 5.91 Å². The first-order valence-corrected chi connectivity index (χ1v) is 8.56. The van der Waals surface area contributed by atoms with Crippen LogP contribution in [0.1, 0.15) is 34.7 Å². The molecule has 1 fully saturated rings. The number of nitrogens with zero attached hydrogens (tertiary/aromatic N) is 1. The van der Waals surface area contributed by atoms with Crippen molar-refractivity contribution in [2.75, 3.05) is 19.7 Å². The van der Waals surface area contributed by atoms with Gasteiger partial charge < -0.3 is 19.4 Å². The summed E-state index contributed by atoms with van der Waals surface area (Å²) in [7, 11) is 0. The van der Waals surface area contributed by atoms with Crippen LogP contribution in [0.15, 0.2) is 47.3 Å². The van der Waals surface area contributed by atoms with E-state index >= 15 is 0 Å². The lowest BCUT2D eigenvalue weighted by molar-refractivity contribution is -0.123. The van der Waals surface area contributed by atoms with Crippen molar-refractivity contribution in [2.45, 2.75) is 24.8 Å². The van der Waals surface area contributed by atoms with Crippen molar-refractivity contribution in [1.82, 2.24) is 10.2 Å². The second-order valence-electron chi connectivity index (χ2n) is 6.49. The third kappa shape index (κ3) is 3.12. The summed E-state index contributed by atoms with van der Waals surface area (Å²) in [5.74, 6) is 0.533. The second-order valence-corrected chi connectivity index (χ2v) is 6.49. The molecule has 4 rings (SSSR count). The maximum atomic E-state index is 12.6. The van der Waals surface area contributed by atoms with Gasteiger partial charge in [-0.3, -0.25) is 9.59 Å². The van der Waals surface area contributed by atoms with Gasteiger partial charge >= 0.3 is 0 Å². The Morgan fingerprint density at radius 1 is 1.12 bits per heavy atom. The number of benzene rings is 1. The highest BCUT2D eigenvalue weighted by Gasteiger charge is 2.32. The Bertz CT molecular complexity index is 763. The molecule has 1 aromatic carbocycles. The van der Waals surface area contributed by atoms with E-state index in [-0.39, 0.29) is 23.8 Å². The molecule has 0 aliphatic carbocycles. The van der Waals surface area contributed by atoms with Gasteiger partial charge in [0.05, 0.1) is 11.8 Å². The lowest BCUT2D eigenvalue weighted by Gasteiger charge is -2.32. The number of para-hydroxylation sites is 1. The monoisotopic (exact) mass is 340 g/mol. The Morgan fingerprint density at radius 2 is 1.92 bits per heavy atom. The van der Waals surface area contributed by atoms with E-state index < -0.39 is 0 Å². The molecule has 2 aliphatic heterocycles. The van der Waals surface area contributed by atoms with E-state index in [0.717, 1.165) is 24.2 Å². The number of carbonyl (C=O) groups is 2. The first kappa shape index (κ1) is 15.7. The molecule has 1 aromatic heterocycles. The minimum atomic E-state index is -0.248. The van der Waals surface area contributed by atoms with E-state index in [2.05, 4.69) is 5.32 Å². The van der Waals surface area contributed by atoms with E-state index in [9.17, 15) is 9.59 Å². The average Bonchev–Trinajstić information content (AvgIpc) is 3.31. The summed E-state index contributed by atoms with van der Waals surface area (Å²) in [5, 5.41) is 3.12. The number of hydrogen-bond donors (Lipinski definition) is 1. The first-order chi connectivity index (χ1) is 12.2. The highest BCUT2D eigenvalue weighted by atomic mass is 16.5. The Morgan fingerprint density at radius 3 is 2.68 bits per heavy atom. The van der Waals surface area contributed by atoms with Gasteiger partial charge in [-0.05, 0) is 25.0 Å². The first-order valence-electron chi connectivity index (χ1n) is 8.56. The summed E-state index contributed by atoms with van der Waals surface area (Å²) >= 11 is 0.